The van der Waals surface area contributed by atoms with Crippen molar-refractivity contribution < 1.29 is 21.6 Å². The highest BCUT2D eigenvalue weighted by molar-refractivity contribution is 7.92. The molecular weight excluding hydrogens is 473 g/mol. The van der Waals surface area contributed by atoms with Crippen LogP contribution in [0.2, 0.25) is 0 Å². The number of hydrogen-bond donors (Lipinski definition) is 0. The number of aromatic nitrogens is 4. The lowest BCUT2D eigenvalue weighted by Gasteiger charge is -2.06. The van der Waals surface area contributed by atoms with E-state index in [1.165, 1.54) is 29.3 Å². The molecule has 168 valence electrons. The van der Waals surface area contributed by atoms with Gasteiger partial charge in [0.25, 0.3) is 10.0 Å². The molecule has 0 aliphatic carbocycles. The summed E-state index contributed by atoms with van der Waals surface area (Å²) >= 11 is 0.872. The summed E-state index contributed by atoms with van der Waals surface area (Å²) in [6.45, 7) is 0. The van der Waals surface area contributed by atoms with Crippen molar-refractivity contribution in [3.05, 3.63) is 78.9 Å². The van der Waals surface area contributed by atoms with Crippen LogP contribution in [0.5, 0.6) is 0 Å². The van der Waals surface area contributed by atoms with Crippen molar-refractivity contribution in [1.82, 2.24) is 18.7 Å². The minimum atomic E-state index is -4.55. The largest absolute Gasteiger partial charge is 0.433 e. The summed E-state index contributed by atoms with van der Waals surface area (Å²) < 4.78 is 67.8. The van der Waals surface area contributed by atoms with Gasteiger partial charge in [-0.05, 0) is 48.0 Å². The van der Waals surface area contributed by atoms with Crippen LogP contribution in [0.15, 0.2) is 77.4 Å². The summed E-state index contributed by atoms with van der Waals surface area (Å²) in [6, 6.07) is 14.6. The molecule has 4 aromatic heterocycles. The summed E-state index contributed by atoms with van der Waals surface area (Å²) in [7, 11) is -2.75. The maximum atomic E-state index is 13.3. The fourth-order valence-corrected chi connectivity index (χ4v) is 6.29. The van der Waals surface area contributed by atoms with Gasteiger partial charge in [-0.25, -0.2) is 3.97 Å². The Morgan fingerprint density at radius 2 is 1.82 bits per heavy atom. The second-order valence-electron chi connectivity index (χ2n) is 7.29. The minimum Gasteiger partial charge on any atom is -0.264 e. The van der Waals surface area contributed by atoms with E-state index in [1.807, 2.05) is 24.3 Å². The van der Waals surface area contributed by atoms with Gasteiger partial charge in [0, 0.05) is 36.6 Å². The number of rotatable bonds is 4. The fraction of sp³-hybridized carbons (Fsp3) is 0.0909. The Morgan fingerprint density at radius 1 is 1.00 bits per heavy atom. The fourth-order valence-electron chi connectivity index (χ4n) is 3.59. The first-order chi connectivity index (χ1) is 15.6. The van der Waals surface area contributed by atoms with Crippen LogP contribution in [-0.2, 0) is 23.2 Å². The van der Waals surface area contributed by atoms with Gasteiger partial charge in [0.2, 0.25) is 0 Å². The smallest absolute Gasteiger partial charge is 0.264 e. The first-order valence-corrected chi connectivity index (χ1v) is 11.9. The van der Waals surface area contributed by atoms with Crippen LogP contribution in [0, 0.1) is 0 Å². The first-order valence-electron chi connectivity index (χ1n) is 9.63. The number of nitrogens with zero attached hydrogens (tertiary/aromatic N) is 4. The van der Waals surface area contributed by atoms with E-state index in [1.54, 1.807) is 24.5 Å². The maximum absolute atomic E-state index is 13.3. The molecule has 0 amide bonds. The molecular formula is C22H15F3N4O2S2. The molecule has 0 spiro atoms. The molecule has 0 fully saturated rings. The summed E-state index contributed by atoms with van der Waals surface area (Å²) in [5.41, 5.74) is 1.46. The first kappa shape index (κ1) is 21.4. The van der Waals surface area contributed by atoms with Crippen LogP contribution in [0.1, 0.15) is 5.69 Å². The summed E-state index contributed by atoms with van der Waals surface area (Å²) in [4.78, 5) is 4.43. The van der Waals surface area contributed by atoms with Gasteiger partial charge in [0.1, 0.15) is 15.6 Å². The van der Waals surface area contributed by atoms with E-state index in [2.05, 4.69) is 10.1 Å². The van der Waals surface area contributed by atoms with Gasteiger partial charge in [-0.3, -0.25) is 9.67 Å². The molecule has 11 heteroatoms. The van der Waals surface area contributed by atoms with E-state index in [-0.39, 0.29) is 9.90 Å². The second-order valence-corrected chi connectivity index (χ2v) is 10.4. The van der Waals surface area contributed by atoms with Gasteiger partial charge in [-0.15, -0.1) is 11.3 Å². The Labute approximate surface area is 190 Å². The zero-order chi connectivity index (χ0) is 23.4. The third kappa shape index (κ3) is 3.72. The SMILES string of the molecule is Cn1nc(-c2ccc(S(=O)(=O)n3ccc4cc(-c5cccnc5)ccc43)s2)cc1C(F)(F)F. The minimum absolute atomic E-state index is 0.00514. The third-order valence-electron chi connectivity index (χ3n) is 5.17. The zero-order valence-corrected chi connectivity index (χ0v) is 18.6. The third-order valence-corrected chi connectivity index (χ3v) is 8.43. The van der Waals surface area contributed by atoms with Crippen LogP contribution in [0.4, 0.5) is 13.2 Å². The number of hydrogen-bond acceptors (Lipinski definition) is 5. The topological polar surface area (TPSA) is 69.8 Å². The number of alkyl halides is 3. The predicted molar refractivity (Wildman–Crippen MR) is 119 cm³/mol. The number of aryl methyl sites for hydroxylation is 1. The molecule has 5 aromatic rings. The van der Waals surface area contributed by atoms with Crippen molar-refractivity contribution >= 4 is 32.3 Å². The van der Waals surface area contributed by atoms with Gasteiger partial charge in [0.05, 0.1) is 10.4 Å². The van der Waals surface area contributed by atoms with Gasteiger partial charge < -0.3 is 0 Å². The standard InChI is InChI=1S/C22H15F3N4O2S2/c1-28-20(22(23,24)25)12-17(27-28)19-6-7-21(32-19)33(30,31)29-10-8-15-11-14(4-5-18(15)29)16-3-2-9-26-13-16/h2-13H,1H3. The van der Waals surface area contributed by atoms with Crippen LogP contribution >= 0.6 is 11.3 Å². The molecule has 5 rings (SSSR count). The molecule has 0 bridgehead atoms. The van der Waals surface area contributed by atoms with Crippen molar-refractivity contribution in [3.8, 4) is 21.7 Å². The summed E-state index contributed by atoms with van der Waals surface area (Å²) in [6.07, 6.45) is 0.318. The molecule has 4 heterocycles. The lowest BCUT2D eigenvalue weighted by molar-refractivity contribution is -0.143. The van der Waals surface area contributed by atoms with E-state index in [0.29, 0.717) is 10.4 Å². The average Bonchev–Trinajstić information content (AvgIpc) is 3.51. The quantitative estimate of drug-likeness (QED) is 0.339. The number of thiophene rings is 1. The number of pyridine rings is 1. The van der Waals surface area contributed by atoms with Crippen LogP contribution in [0.25, 0.3) is 32.6 Å². The molecule has 0 aliphatic rings. The van der Waals surface area contributed by atoms with Crippen LogP contribution in [0.3, 0.4) is 0 Å². The van der Waals surface area contributed by atoms with Crippen molar-refractivity contribution in [1.29, 1.82) is 0 Å². The highest BCUT2D eigenvalue weighted by Gasteiger charge is 2.35. The van der Waals surface area contributed by atoms with Crippen LogP contribution < -0.4 is 0 Å². The highest BCUT2D eigenvalue weighted by atomic mass is 32.2. The molecule has 6 nitrogen and oxygen atoms in total. The predicted octanol–water partition coefficient (Wildman–Crippen LogP) is 5.42. The van der Waals surface area contributed by atoms with Crippen molar-refractivity contribution in [2.24, 2.45) is 7.05 Å². The lowest BCUT2D eigenvalue weighted by Crippen LogP contribution is -2.11. The molecule has 0 unspecified atom stereocenters. The maximum Gasteiger partial charge on any atom is 0.433 e. The highest BCUT2D eigenvalue weighted by Crippen LogP contribution is 2.36. The van der Waals surface area contributed by atoms with Crippen LogP contribution in [-0.4, -0.2) is 27.2 Å². The average molecular weight is 489 g/mol. The summed E-state index contributed by atoms with van der Waals surface area (Å²) in [5.74, 6) is 0. The Bertz CT molecular complexity index is 1580. The molecule has 33 heavy (non-hydrogen) atoms. The van der Waals surface area contributed by atoms with Gasteiger partial charge >= 0.3 is 6.18 Å². The second kappa shape index (κ2) is 7.56. The van der Waals surface area contributed by atoms with Crippen molar-refractivity contribution in [2.75, 3.05) is 0 Å². The van der Waals surface area contributed by atoms with Gasteiger partial charge in [0.15, 0.2) is 0 Å². The zero-order valence-electron chi connectivity index (χ0n) is 17.0. The molecule has 0 aliphatic heterocycles. The molecule has 0 N–H and O–H groups in total. The van der Waals surface area contributed by atoms with Crippen molar-refractivity contribution in [3.63, 3.8) is 0 Å². The van der Waals surface area contributed by atoms with E-state index in [9.17, 15) is 21.6 Å². The number of halogens is 3. The van der Waals surface area contributed by atoms with E-state index in [4.69, 9.17) is 0 Å². The van der Waals surface area contributed by atoms with Gasteiger partial charge in [-0.2, -0.15) is 26.7 Å². The Morgan fingerprint density at radius 3 is 2.52 bits per heavy atom. The Balaban J connectivity index is 1.52. The Hall–Kier alpha value is -3.44. The van der Waals surface area contributed by atoms with E-state index >= 15 is 0 Å². The number of benzene rings is 1. The molecule has 0 atom stereocenters. The molecule has 0 saturated carbocycles. The normalized spacial score (nSPS) is 12.5. The van der Waals surface area contributed by atoms with Crippen molar-refractivity contribution in [2.45, 2.75) is 10.4 Å². The Kier molecular flexibility index (Phi) is 4.91. The number of fused-ring (bicyclic) bond motifs is 1. The summed E-state index contributed by atoms with van der Waals surface area (Å²) in [5, 5.41) is 4.63. The monoisotopic (exact) mass is 488 g/mol. The molecule has 0 radical (unpaired) electrons. The lowest BCUT2D eigenvalue weighted by atomic mass is 10.1. The van der Waals surface area contributed by atoms with Gasteiger partial charge in [-0.1, -0.05) is 12.1 Å². The van der Waals surface area contributed by atoms with E-state index in [0.717, 1.165) is 38.6 Å². The molecule has 1 aromatic carbocycles. The molecule has 0 saturated heterocycles. The van der Waals surface area contributed by atoms with E-state index < -0.39 is 21.9 Å².